The Labute approximate surface area is 179 Å². The minimum absolute atomic E-state index is 0.221. The van der Waals surface area contributed by atoms with Crippen LogP contribution in [0.1, 0.15) is 11.4 Å². The van der Waals surface area contributed by atoms with Crippen LogP contribution in [-0.2, 0) is 10.0 Å². The zero-order valence-corrected chi connectivity index (χ0v) is 18.1. The molecular weight excluding hydrogens is 412 g/mol. The summed E-state index contributed by atoms with van der Waals surface area (Å²) >= 11 is 0. The highest BCUT2D eigenvalue weighted by molar-refractivity contribution is 7.90. The van der Waals surface area contributed by atoms with Crippen molar-refractivity contribution in [3.63, 3.8) is 0 Å². The van der Waals surface area contributed by atoms with Crippen molar-refractivity contribution >= 4 is 26.7 Å². The number of benzene rings is 2. The molecule has 3 aromatic heterocycles. The van der Waals surface area contributed by atoms with E-state index in [1.807, 2.05) is 42.5 Å². The maximum atomic E-state index is 13.2. The molecule has 0 amide bonds. The Morgan fingerprint density at radius 3 is 2.29 bits per heavy atom. The zero-order chi connectivity index (χ0) is 21.8. The Hall–Kier alpha value is -3.65. The van der Waals surface area contributed by atoms with Crippen molar-refractivity contribution in [2.45, 2.75) is 18.7 Å². The van der Waals surface area contributed by atoms with Crippen molar-refractivity contribution in [2.75, 3.05) is 7.11 Å². The van der Waals surface area contributed by atoms with E-state index >= 15 is 0 Å². The zero-order valence-electron chi connectivity index (χ0n) is 17.3. The van der Waals surface area contributed by atoms with Gasteiger partial charge in [0.25, 0.3) is 10.0 Å². The molecule has 0 radical (unpaired) electrons. The molecular formula is C23H20N4O3S. The first-order valence-electron chi connectivity index (χ1n) is 9.72. The van der Waals surface area contributed by atoms with E-state index in [1.54, 1.807) is 49.8 Å². The quantitative estimate of drug-likeness (QED) is 0.425. The van der Waals surface area contributed by atoms with E-state index in [0.29, 0.717) is 11.2 Å². The molecule has 0 atom stereocenters. The van der Waals surface area contributed by atoms with Crippen LogP contribution in [0.25, 0.3) is 27.9 Å². The van der Waals surface area contributed by atoms with E-state index in [-0.39, 0.29) is 4.90 Å². The second kappa shape index (κ2) is 6.95. The van der Waals surface area contributed by atoms with Gasteiger partial charge in [-0.25, -0.2) is 22.4 Å². The molecule has 0 bridgehead atoms. The third-order valence-electron chi connectivity index (χ3n) is 5.38. The average Bonchev–Trinajstić information content (AvgIpc) is 3.35. The maximum absolute atomic E-state index is 13.2. The van der Waals surface area contributed by atoms with Crippen molar-refractivity contribution < 1.29 is 13.2 Å². The minimum atomic E-state index is -3.77. The number of aromatic nitrogens is 4. The van der Waals surface area contributed by atoms with Gasteiger partial charge in [-0.05, 0) is 56.3 Å². The molecule has 3 heterocycles. The number of rotatable bonds is 4. The molecule has 7 nitrogen and oxygen atoms in total. The van der Waals surface area contributed by atoms with E-state index in [4.69, 9.17) is 9.72 Å². The number of methoxy groups -OCH3 is 1. The van der Waals surface area contributed by atoms with Crippen LogP contribution in [0.5, 0.6) is 5.75 Å². The molecule has 0 spiro atoms. The highest BCUT2D eigenvalue weighted by Crippen LogP contribution is 2.30. The Kier molecular flexibility index (Phi) is 4.33. The first-order valence-corrected chi connectivity index (χ1v) is 11.2. The number of hydrogen-bond donors (Lipinski definition) is 0. The van der Waals surface area contributed by atoms with Gasteiger partial charge in [0.1, 0.15) is 11.6 Å². The Morgan fingerprint density at radius 1 is 0.903 bits per heavy atom. The Morgan fingerprint density at radius 2 is 1.61 bits per heavy atom. The topological polar surface area (TPSA) is 78.5 Å². The van der Waals surface area contributed by atoms with Crippen LogP contribution in [0.3, 0.4) is 0 Å². The molecule has 8 heteroatoms. The van der Waals surface area contributed by atoms with Gasteiger partial charge in [-0.1, -0.05) is 17.7 Å². The molecule has 0 fully saturated rings. The number of fused-ring (bicyclic) bond motifs is 3. The van der Waals surface area contributed by atoms with Crippen molar-refractivity contribution in [3.05, 3.63) is 78.4 Å². The van der Waals surface area contributed by atoms with E-state index in [1.165, 1.54) is 3.97 Å². The lowest BCUT2D eigenvalue weighted by Gasteiger charge is -2.08. The Balaban J connectivity index is 1.69. The smallest absolute Gasteiger partial charge is 0.269 e. The lowest BCUT2D eigenvalue weighted by Crippen LogP contribution is -2.12. The summed E-state index contributed by atoms with van der Waals surface area (Å²) in [6.07, 6.45) is 3.21. The number of aryl methyl sites for hydroxylation is 2. The van der Waals surface area contributed by atoms with Crippen LogP contribution in [-0.4, -0.2) is 33.9 Å². The van der Waals surface area contributed by atoms with E-state index in [0.717, 1.165) is 33.9 Å². The van der Waals surface area contributed by atoms with Gasteiger partial charge in [-0.3, -0.25) is 4.40 Å². The predicted molar refractivity (Wildman–Crippen MR) is 119 cm³/mol. The van der Waals surface area contributed by atoms with Crippen LogP contribution in [0.2, 0.25) is 0 Å². The second-order valence-electron chi connectivity index (χ2n) is 7.35. The largest absolute Gasteiger partial charge is 0.497 e. The fraction of sp³-hybridized carbons (Fsp3) is 0.130. The number of hydrogen-bond acceptors (Lipinski definition) is 5. The third kappa shape index (κ3) is 2.98. The molecule has 0 saturated carbocycles. The van der Waals surface area contributed by atoms with Crippen LogP contribution in [0.15, 0.2) is 71.9 Å². The summed E-state index contributed by atoms with van der Waals surface area (Å²) in [6.45, 7) is 3.81. The normalized spacial score (nSPS) is 12.0. The molecule has 0 aliphatic rings. The summed E-state index contributed by atoms with van der Waals surface area (Å²) in [5.41, 5.74) is 4.55. The summed E-state index contributed by atoms with van der Waals surface area (Å²) in [5, 5.41) is 0. The molecule has 5 aromatic rings. The third-order valence-corrected chi connectivity index (χ3v) is 7.06. The minimum Gasteiger partial charge on any atom is -0.497 e. The molecule has 5 rings (SSSR count). The van der Waals surface area contributed by atoms with Gasteiger partial charge in [-0.2, -0.15) is 0 Å². The SMILES string of the molecule is COc1ccc(-c2nc(C)n3c2cnc2c3ccn2S(=O)(=O)c2ccc(C)cc2)cc1. The van der Waals surface area contributed by atoms with Gasteiger partial charge in [0, 0.05) is 11.8 Å². The van der Waals surface area contributed by atoms with Crippen LogP contribution in [0.4, 0.5) is 0 Å². The molecule has 0 aliphatic heterocycles. The first kappa shape index (κ1) is 19.3. The molecule has 156 valence electrons. The lowest BCUT2D eigenvalue weighted by atomic mass is 10.1. The fourth-order valence-corrected chi connectivity index (χ4v) is 5.06. The van der Waals surface area contributed by atoms with Gasteiger partial charge >= 0.3 is 0 Å². The molecule has 31 heavy (non-hydrogen) atoms. The van der Waals surface area contributed by atoms with Gasteiger partial charge in [-0.15, -0.1) is 0 Å². The average molecular weight is 433 g/mol. The van der Waals surface area contributed by atoms with Crippen molar-refractivity contribution in [1.29, 1.82) is 0 Å². The summed E-state index contributed by atoms with van der Waals surface area (Å²) in [4.78, 5) is 9.46. The molecule has 0 saturated heterocycles. The standard InChI is InChI=1S/C23H20N4O3S/c1-15-4-10-19(11-5-15)31(28,29)26-13-12-20-23(26)24-14-21-22(25-16(2)27(20)21)17-6-8-18(30-3)9-7-17/h4-14H,1-3H3. The van der Waals surface area contributed by atoms with Gasteiger partial charge < -0.3 is 4.74 Å². The first-order chi connectivity index (χ1) is 14.9. The van der Waals surface area contributed by atoms with Gasteiger partial charge in [0.05, 0.1) is 34.9 Å². The second-order valence-corrected chi connectivity index (χ2v) is 9.17. The summed E-state index contributed by atoms with van der Waals surface area (Å²) < 4.78 is 34.8. The molecule has 0 aliphatic carbocycles. The number of ether oxygens (including phenoxy) is 1. The number of nitrogens with zero attached hydrogens (tertiary/aromatic N) is 4. The van der Waals surface area contributed by atoms with Crippen molar-refractivity contribution in [1.82, 2.24) is 18.3 Å². The van der Waals surface area contributed by atoms with E-state index in [9.17, 15) is 8.42 Å². The Bertz CT molecular complexity index is 1530. The fourth-order valence-electron chi connectivity index (χ4n) is 3.77. The monoisotopic (exact) mass is 432 g/mol. The highest BCUT2D eigenvalue weighted by atomic mass is 32.2. The van der Waals surface area contributed by atoms with Crippen molar-refractivity contribution in [3.8, 4) is 17.0 Å². The van der Waals surface area contributed by atoms with Crippen LogP contribution in [0, 0.1) is 13.8 Å². The molecule has 2 aromatic carbocycles. The summed E-state index contributed by atoms with van der Waals surface area (Å²) in [6, 6.07) is 16.2. The predicted octanol–water partition coefficient (Wildman–Crippen LogP) is 4.21. The molecule has 0 N–H and O–H groups in total. The number of imidazole rings is 1. The highest BCUT2D eigenvalue weighted by Gasteiger charge is 2.22. The lowest BCUT2D eigenvalue weighted by molar-refractivity contribution is 0.415. The molecule has 0 unspecified atom stereocenters. The van der Waals surface area contributed by atoms with Crippen LogP contribution >= 0.6 is 0 Å². The summed E-state index contributed by atoms with van der Waals surface area (Å²) in [7, 11) is -2.14. The van der Waals surface area contributed by atoms with Crippen molar-refractivity contribution in [2.24, 2.45) is 0 Å². The van der Waals surface area contributed by atoms with Gasteiger partial charge in [0.2, 0.25) is 0 Å². The van der Waals surface area contributed by atoms with Crippen LogP contribution < -0.4 is 4.74 Å². The summed E-state index contributed by atoms with van der Waals surface area (Å²) in [5.74, 6) is 1.52. The van der Waals surface area contributed by atoms with E-state index < -0.39 is 10.0 Å². The maximum Gasteiger partial charge on any atom is 0.269 e. The van der Waals surface area contributed by atoms with Gasteiger partial charge in [0.15, 0.2) is 5.65 Å². The van der Waals surface area contributed by atoms with E-state index in [2.05, 4.69) is 4.98 Å².